The number of ether oxygens (including phenoxy) is 4. The van der Waals surface area contributed by atoms with Gasteiger partial charge in [-0.25, -0.2) is 8.42 Å². The fourth-order valence-corrected chi connectivity index (χ4v) is 6.37. The number of sulfonamides is 1. The van der Waals surface area contributed by atoms with Gasteiger partial charge in [-0.05, 0) is 65.9 Å². The molecular weight excluding hydrogens is 480 g/mol. The molecule has 0 amide bonds. The van der Waals surface area contributed by atoms with E-state index in [4.69, 9.17) is 18.9 Å². The minimum Gasteiger partial charge on any atom is -0.493 e. The molecule has 2 heterocycles. The molecular formula is C27H26N2O6S. The number of anilines is 2. The van der Waals surface area contributed by atoms with Crippen molar-refractivity contribution >= 4 is 21.4 Å². The lowest BCUT2D eigenvalue weighted by atomic mass is 9.77. The largest absolute Gasteiger partial charge is 0.493 e. The van der Waals surface area contributed by atoms with Crippen LogP contribution in [0.15, 0.2) is 71.6 Å². The molecule has 0 fully saturated rings. The monoisotopic (exact) mass is 506 g/mol. The van der Waals surface area contributed by atoms with Crippen molar-refractivity contribution in [3.8, 4) is 23.0 Å². The number of hydrogen-bond donors (Lipinski definition) is 2. The zero-order valence-electron chi connectivity index (χ0n) is 19.9. The Morgan fingerprint density at radius 3 is 2.61 bits per heavy atom. The van der Waals surface area contributed by atoms with Gasteiger partial charge < -0.3 is 24.3 Å². The SMILES string of the molecule is COc1ccc(NS(=O)(=O)c2ccc3c(c2)[C@H]2C=CC[C@H]2[C@@H](c2ccc4c(c2)OCO4)N3)cc1OC. The van der Waals surface area contributed by atoms with Crippen LogP contribution in [0, 0.1) is 5.92 Å². The molecule has 9 heteroatoms. The van der Waals surface area contributed by atoms with Crippen LogP contribution in [0.2, 0.25) is 0 Å². The highest BCUT2D eigenvalue weighted by Crippen LogP contribution is 2.51. The van der Waals surface area contributed by atoms with Gasteiger partial charge in [0.1, 0.15) is 0 Å². The Morgan fingerprint density at radius 2 is 1.78 bits per heavy atom. The Hall–Kier alpha value is -3.85. The number of benzene rings is 3. The number of methoxy groups -OCH3 is 2. The maximum Gasteiger partial charge on any atom is 0.261 e. The van der Waals surface area contributed by atoms with Gasteiger partial charge in [0, 0.05) is 17.7 Å². The van der Waals surface area contributed by atoms with Gasteiger partial charge in [-0.15, -0.1) is 0 Å². The van der Waals surface area contributed by atoms with Crippen molar-refractivity contribution in [2.24, 2.45) is 5.92 Å². The quantitative estimate of drug-likeness (QED) is 0.451. The number of hydrogen-bond acceptors (Lipinski definition) is 7. The highest BCUT2D eigenvalue weighted by atomic mass is 32.2. The van der Waals surface area contributed by atoms with Crippen molar-refractivity contribution in [2.45, 2.75) is 23.3 Å². The summed E-state index contributed by atoms with van der Waals surface area (Å²) in [4.78, 5) is 0.207. The molecule has 1 aliphatic carbocycles. The summed E-state index contributed by atoms with van der Waals surface area (Å²) in [5, 5.41) is 3.65. The van der Waals surface area contributed by atoms with Crippen LogP contribution in [0.5, 0.6) is 23.0 Å². The first kappa shape index (κ1) is 22.6. The third-order valence-corrected chi connectivity index (χ3v) is 8.42. The van der Waals surface area contributed by atoms with Gasteiger partial charge in [-0.1, -0.05) is 18.2 Å². The van der Waals surface area contributed by atoms with Crippen molar-refractivity contribution in [2.75, 3.05) is 31.1 Å². The lowest BCUT2D eigenvalue weighted by Crippen LogP contribution is -2.29. The van der Waals surface area contributed by atoms with Crippen LogP contribution in [0.3, 0.4) is 0 Å². The Bertz CT molecular complexity index is 1470. The average molecular weight is 507 g/mol. The van der Waals surface area contributed by atoms with Crippen molar-refractivity contribution in [3.63, 3.8) is 0 Å². The van der Waals surface area contributed by atoms with Crippen LogP contribution >= 0.6 is 0 Å². The van der Waals surface area contributed by atoms with Gasteiger partial charge in [0.05, 0.1) is 30.8 Å². The van der Waals surface area contributed by atoms with Crippen molar-refractivity contribution in [1.29, 1.82) is 0 Å². The fraction of sp³-hybridized carbons (Fsp3) is 0.259. The molecule has 8 nitrogen and oxygen atoms in total. The zero-order chi connectivity index (χ0) is 24.9. The lowest BCUT2D eigenvalue weighted by Gasteiger charge is -2.37. The predicted molar refractivity (Wildman–Crippen MR) is 136 cm³/mol. The molecule has 3 aromatic rings. The summed E-state index contributed by atoms with van der Waals surface area (Å²) in [6, 6.07) is 16.3. The second-order valence-electron chi connectivity index (χ2n) is 9.01. The molecule has 186 valence electrons. The first-order valence-corrected chi connectivity index (χ1v) is 13.2. The van der Waals surface area contributed by atoms with E-state index in [-0.39, 0.29) is 29.6 Å². The lowest BCUT2D eigenvalue weighted by molar-refractivity contribution is 0.174. The standard InChI is InChI=1S/C27H26N2O6S/c1-32-23-11-7-17(13-25(23)33-2)29-36(30,31)18-8-9-22-21(14-18)19-4-3-5-20(19)27(28-22)16-6-10-24-26(12-16)35-15-34-24/h3-4,6-14,19-20,27-29H,5,15H2,1-2H3/t19-,20+,27+/m0/s1. The molecule has 36 heavy (non-hydrogen) atoms. The average Bonchev–Trinajstić information content (AvgIpc) is 3.57. The van der Waals surface area contributed by atoms with Crippen molar-refractivity contribution in [1.82, 2.24) is 0 Å². The Morgan fingerprint density at radius 1 is 0.944 bits per heavy atom. The van der Waals surface area contributed by atoms with Crippen LogP contribution < -0.4 is 29.0 Å². The number of fused-ring (bicyclic) bond motifs is 4. The van der Waals surface area contributed by atoms with Crippen LogP contribution in [-0.4, -0.2) is 29.4 Å². The third-order valence-electron chi connectivity index (χ3n) is 7.04. The van der Waals surface area contributed by atoms with Gasteiger partial charge in [-0.2, -0.15) is 0 Å². The number of allylic oxidation sites excluding steroid dienone is 2. The van der Waals surface area contributed by atoms with Crippen molar-refractivity contribution < 1.29 is 27.4 Å². The van der Waals surface area contributed by atoms with Gasteiger partial charge in [0.25, 0.3) is 10.0 Å². The van der Waals surface area contributed by atoms with E-state index in [0.29, 0.717) is 17.2 Å². The molecule has 3 aromatic carbocycles. The molecule has 0 saturated heterocycles. The Labute approximate surface area is 209 Å². The highest BCUT2D eigenvalue weighted by Gasteiger charge is 2.39. The van der Waals surface area contributed by atoms with E-state index in [1.54, 1.807) is 30.3 Å². The maximum atomic E-state index is 13.3. The van der Waals surface area contributed by atoms with E-state index >= 15 is 0 Å². The predicted octanol–water partition coefficient (Wildman–Crippen LogP) is 5.06. The molecule has 2 aliphatic heterocycles. The minimum absolute atomic E-state index is 0.0688. The summed E-state index contributed by atoms with van der Waals surface area (Å²) >= 11 is 0. The maximum absolute atomic E-state index is 13.3. The van der Waals surface area contributed by atoms with Crippen LogP contribution in [0.1, 0.15) is 29.5 Å². The third kappa shape index (κ3) is 3.80. The molecule has 0 spiro atoms. The fourth-order valence-electron chi connectivity index (χ4n) is 5.29. The van der Waals surface area contributed by atoms with E-state index in [9.17, 15) is 8.42 Å². The summed E-state index contributed by atoms with van der Waals surface area (Å²) in [7, 11) is -0.780. The first-order valence-electron chi connectivity index (χ1n) is 11.7. The summed E-state index contributed by atoms with van der Waals surface area (Å²) in [6.45, 7) is 0.238. The van der Waals surface area contributed by atoms with E-state index in [1.165, 1.54) is 14.2 Å². The summed E-state index contributed by atoms with van der Waals surface area (Å²) < 4.78 is 50.8. The van der Waals surface area contributed by atoms with E-state index in [0.717, 1.165) is 34.7 Å². The molecule has 2 N–H and O–H groups in total. The zero-order valence-corrected chi connectivity index (χ0v) is 20.7. The van der Waals surface area contributed by atoms with Gasteiger partial charge in [-0.3, -0.25) is 4.72 Å². The minimum atomic E-state index is -3.82. The molecule has 6 rings (SSSR count). The summed E-state index contributed by atoms with van der Waals surface area (Å²) in [5.74, 6) is 2.85. The second kappa shape index (κ2) is 8.67. The molecule has 0 unspecified atom stereocenters. The normalized spacial score (nSPS) is 21.3. The molecule has 0 saturated carbocycles. The molecule has 3 aliphatic rings. The Kier molecular flexibility index (Phi) is 5.44. The number of nitrogens with one attached hydrogen (secondary N) is 2. The van der Waals surface area contributed by atoms with Gasteiger partial charge >= 0.3 is 0 Å². The molecule has 0 radical (unpaired) electrons. The van der Waals surface area contributed by atoms with E-state index in [2.05, 4.69) is 28.3 Å². The van der Waals surface area contributed by atoms with Crippen LogP contribution in [0.25, 0.3) is 0 Å². The van der Waals surface area contributed by atoms with Crippen LogP contribution in [0.4, 0.5) is 11.4 Å². The summed E-state index contributed by atoms with van der Waals surface area (Å²) in [6.07, 6.45) is 5.26. The van der Waals surface area contributed by atoms with E-state index < -0.39 is 10.0 Å². The second-order valence-corrected chi connectivity index (χ2v) is 10.7. The van der Waals surface area contributed by atoms with Crippen LogP contribution in [-0.2, 0) is 10.0 Å². The van der Waals surface area contributed by atoms with Gasteiger partial charge in [0.15, 0.2) is 23.0 Å². The number of rotatable bonds is 6. The Balaban J connectivity index is 1.31. The molecule has 0 aromatic heterocycles. The molecule has 3 atom stereocenters. The van der Waals surface area contributed by atoms with E-state index in [1.807, 2.05) is 18.2 Å². The summed E-state index contributed by atoms with van der Waals surface area (Å²) in [5.41, 5.74) is 3.41. The highest BCUT2D eigenvalue weighted by molar-refractivity contribution is 7.92. The topological polar surface area (TPSA) is 95.1 Å². The van der Waals surface area contributed by atoms with Gasteiger partial charge in [0.2, 0.25) is 6.79 Å². The molecule has 0 bridgehead atoms. The van der Waals surface area contributed by atoms with Crippen molar-refractivity contribution in [3.05, 3.63) is 77.9 Å². The first-order chi connectivity index (χ1) is 17.5. The smallest absolute Gasteiger partial charge is 0.261 e.